The van der Waals surface area contributed by atoms with Crippen molar-refractivity contribution in [2.45, 2.75) is 75.9 Å². The van der Waals surface area contributed by atoms with E-state index in [9.17, 15) is 14.4 Å². The maximum Gasteiger partial charge on any atom is 0.257 e. The molecule has 3 aliphatic rings. The normalized spacial score (nSPS) is 19.1. The summed E-state index contributed by atoms with van der Waals surface area (Å²) < 4.78 is 1.95. The number of carbonyl (C=O) groups excluding carboxylic acids is 2. The second-order valence-electron chi connectivity index (χ2n) is 9.25. The average Bonchev–Trinajstić information content (AvgIpc) is 3.50. The first-order valence-electron chi connectivity index (χ1n) is 11.5. The zero-order chi connectivity index (χ0) is 21.4. The third kappa shape index (κ3) is 4.29. The maximum absolute atomic E-state index is 13.2. The summed E-state index contributed by atoms with van der Waals surface area (Å²) >= 11 is 0. The Morgan fingerprint density at radius 2 is 1.32 bits per heavy atom. The van der Waals surface area contributed by atoms with Gasteiger partial charge in [-0.3, -0.25) is 14.4 Å². The van der Waals surface area contributed by atoms with Crippen molar-refractivity contribution in [1.29, 1.82) is 0 Å². The highest BCUT2D eigenvalue weighted by molar-refractivity contribution is 5.99. The van der Waals surface area contributed by atoms with E-state index in [1.807, 2.05) is 16.7 Å². The second kappa shape index (κ2) is 8.33. The molecule has 0 bridgehead atoms. The number of carbonyl (C=O) groups is 2. The molecular formula is C25H29N3O3. The number of hydrogen-bond donors (Lipinski definition) is 2. The molecule has 0 atom stereocenters. The molecule has 2 saturated carbocycles. The molecule has 1 aromatic carbocycles. The Balaban J connectivity index is 1.42. The van der Waals surface area contributed by atoms with Crippen molar-refractivity contribution in [2.24, 2.45) is 0 Å². The number of rotatable bonds is 5. The topological polar surface area (TPSA) is 80.2 Å². The third-order valence-corrected chi connectivity index (χ3v) is 6.83. The van der Waals surface area contributed by atoms with Gasteiger partial charge in [0.05, 0.1) is 0 Å². The molecule has 31 heavy (non-hydrogen) atoms. The van der Waals surface area contributed by atoms with E-state index < -0.39 is 5.43 Å². The largest absolute Gasteiger partial charge is 0.349 e. The van der Waals surface area contributed by atoms with Crippen molar-refractivity contribution >= 4 is 11.8 Å². The Labute approximate surface area is 182 Å². The predicted molar refractivity (Wildman–Crippen MR) is 118 cm³/mol. The van der Waals surface area contributed by atoms with Crippen molar-refractivity contribution in [3.8, 4) is 0 Å². The van der Waals surface area contributed by atoms with Crippen molar-refractivity contribution in [3.05, 3.63) is 69.1 Å². The lowest BCUT2D eigenvalue weighted by atomic mass is 9.95. The van der Waals surface area contributed by atoms with Crippen LogP contribution in [-0.4, -0.2) is 28.5 Å². The fourth-order valence-electron chi connectivity index (χ4n) is 4.93. The van der Waals surface area contributed by atoms with E-state index in [1.54, 1.807) is 12.4 Å². The lowest BCUT2D eigenvalue weighted by molar-refractivity contribution is 0.0936. The summed E-state index contributed by atoms with van der Waals surface area (Å²) in [4.78, 5) is 39.1. The van der Waals surface area contributed by atoms with Crippen LogP contribution in [0, 0.1) is 0 Å². The Kier molecular flexibility index (Phi) is 5.38. The van der Waals surface area contributed by atoms with Crippen LogP contribution in [0.4, 0.5) is 0 Å². The van der Waals surface area contributed by atoms with Crippen LogP contribution in [0.15, 0.2) is 41.5 Å². The van der Waals surface area contributed by atoms with Crippen molar-refractivity contribution in [3.63, 3.8) is 0 Å². The number of nitrogens with zero attached hydrogens (tertiary/aromatic N) is 1. The SMILES string of the molecule is O=C(NC1CC1)c1cn(C2CCCCC2)cc(C(=O)NC2Cc3ccccc3C2)c1=O. The quantitative estimate of drug-likeness (QED) is 0.781. The number of pyridine rings is 1. The summed E-state index contributed by atoms with van der Waals surface area (Å²) in [6.07, 6.45) is 12.2. The number of fused-ring (bicyclic) bond motifs is 1. The molecule has 6 heteroatoms. The maximum atomic E-state index is 13.2. The van der Waals surface area contributed by atoms with Gasteiger partial charge < -0.3 is 15.2 Å². The van der Waals surface area contributed by atoms with Gasteiger partial charge in [0.15, 0.2) is 0 Å². The van der Waals surface area contributed by atoms with Crippen LogP contribution in [0.5, 0.6) is 0 Å². The molecule has 2 N–H and O–H groups in total. The molecule has 2 fully saturated rings. The average molecular weight is 420 g/mol. The number of hydrogen-bond acceptors (Lipinski definition) is 3. The summed E-state index contributed by atoms with van der Waals surface area (Å²) in [5.74, 6) is -0.742. The number of benzene rings is 1. The van der Waals surface area contributed by atoms with Gasteiger partial charge in [-0.1, -0.05) is 43.5 Å². The van der Waals surface area contributed by atoms with Crippen molar-refractivity contribution in [2.75, 3.05) is 0 Å². The molecule has 1 aromatic heterocycles. The zero-order valence-corrected chi connectivity index (χ0v) is 17.7. The van der Waals surface area contributed by atoms with Crippen LogP contribution < -0.4 is 16.1 Å². The Morgan fingerprint density at radius 3 is 1.87 bits per heavy atom. The van der Waals surface area contributed by atoms with Crippen LogP contribution in [0.1, 0.15) is 82.8 Å². The van der Waals surface area contributed by atoms with Gasteiger partial charge in [0, 0.05) is 30.5 Å². The van der Waals surface area contributed by atoms with Gasteiger partial charge in [-0.15, -0.1) is 0 Å². The Morgan fingerprint density at radius 1 is 0.774 bits per heavy atom. The van der Waals surface area contributed by atoms with Gasteiger partial charge in [0.1, 0.15) is 11.1 Å². The van der Waals surface area contributed by atoms with Crippen LogP contribution >= 0.6 is 0 Å². The summed E-state index contributed by atoms with van der Waals surface area (Å²) in [7, 11) is 0. The number of nitrogens with one attached hydrogen (secondary N) is 2. The molecule has 2 amide bonds. The standard InChI is InChI=1S/C25H29N3O3/c29-23-21(24(30)26-18-10-11-18)14-28(20-8-2-1-3-9-20)15-22(23)25(31)27-19-12-16-6-4-5-7-17(16)13-19/h4-7,14-15,18-20H,1-3,8-13H2,(H,26,30)(H,27,31). The summed E-state index contributed by atoms with van der Waals surface area (Å²) in [6.45, 7) is 0. The molecule has 0 saturated heterocycles. The lowest BCUT2D eigenvalue weighted by Gasteiger charge is -2.26. The predicted octanol–water partition coefficient (Wildman–Crippen LogP) is 3.14. The van der Waals surface area contributed by atoms with E-state index in [-0.39, 0.29) is 41.1 Å². The smallest absolute Gasteiger partial charge is 0.257 e. The van der Waals surface area contributed by atoms with Gasteiger partial charge in [-0.25, -0.2) is 0 Å². The van der Waals surface area contributed by atoms with Crippen molar-refractivity contribution in [1.82, 2.24) is 15.2 Å². The highest BCUT2D eigenvalue weighted by Crippen LogP contribution is 2.28. The van der Waals surface area contributed by atoms with Crippen LogP contribution in [0.3, 0.4) is 0 Å². The molecule has 0 spiro atoms. The highest BCUT2D eigenvalue weighted by Gasteiger charge is 2.29. The molecule has 2 aromatic rings. The van der Waals surface area contributed by atoms with Crippen molar-refractivity contribution < 1.29 is 9.59 Å². The molecule has 3 aliphatic carbocycles. The number of amides is 2. The van der Waals surface area contributed by atoms with E-state index in [2.05, 4.69) is 22.8 Å². The first-order chi connectivity index (χ1) is 15.1. The molecule has 5 rings (SSSR count). The Bertz CT molecular complexity index is 1040. The summed E-state index contributed by atoms with van der Waals surface area (Å²) in [6, 6.07) is 8.53. The second-order valence-corrected chi connectivity index (χ2v) is 9.25. The minimum absolute atomic E-state index is 0.0311. The van der Waals surface area contributed by atoms with Gasteiger partial charge >= 0.3 is 0 Å². The molecular weight excluding hydrogens is 390 g/mol. The van der Waals surface area contributed by atoms with Gasteiger partial charge in [-0.05, 0) is 49.7 Å². The molecule has 0 aliphatic heterocycles. The van der Waals surface area contributed by atoms with Crippen LogP contribution in [0.2, 0.25) is 0 Å². The van der Waals surface area contributed by atoms with Crippen LogP contribution in [0.25, 0.3) is 0 Å². The number of aromatic nitrogens is 1. The first-order valence-corrected chi connectivity index (χ1v) is 11.5. The molecule has 6 nitrogen and oxygen atoms in total. The highest BCUT2D eigenvalue weighted by atomic mass is 16.2. The molecule has 0 unspecified atom stereocenters. The minimum Gasteiger partial charge on any atom is -0.349 e. The fraction of sp³-hybridized carbons (Fsp3) is 0.480. The minimum atomic E-state index is -0.474. The summed E-state index contributed by atoms with van der Waals surface area (Å²) in [5, 5.41) is 5.96. The summed E-state index contributed by atoms with van der Waals surface area (Å²) in [5.41, 5.74) is 2.16. The van der Waals surface area contributed by atoms with Crippen LogP contribution in [-0.2, 0) is 12.8 Å². The molecule has 1 heterocycles. The van der Waals surface area contributed by atoms with E-state index in [0.29, 0.717) is 0 Å². The molecule has 162 valence electrons. The zero-order valence-electron chi connectivity index (χ0n) is 17.7. The van der Waals surface area contributed by atoms with Gasteiger partial charge in [0.2, 0.25) is 5.43 Å². The molecule has 0 radical (unpaired) electrons. The van der Waals surface area contributed by atoms with E-state index >= 15 is 0 Å². The fourth-order valence-corrected chi connectivity index (χ4v) is 4.93. The van der Waals surface area contributed by atoms with E-state index in [0.717, 1.165) is 51.4 Å². The van der Waals surface area contributed by atoms with Gasteiger partial charge in [-0.2, -0.15) is 0 Å². The Hall–Kier alpha value is -2.89. The monoisotopic (exact) mass is 419 g/mol. The first kappa shape index (κ1) is 20.0. The third-order valence-electron chi connectivity index (χ3n) is 6.83. The lowest BCUT2D eigenvalue weighted by Crippen LogP contribution is -2.40. The van der Waals surface area contributed by atoms with E-state index in [1.165, 1.54) is 17.5 Å². The van der Waals surface area contributed by atoms with Gasteiger partial charge in [0.25, 0.3) is 11.8 Å². The van der Waals surface area contributed by atoms with E-state index in [4.69, 9.17) is 0 Å².